The molecule has 25 heavy (non-hydrogen) atoms. The van der Waals surface area contributed by atoms with E-state index in [2.05, 4.69) is 17.4 Å². The van der Waals surface area contributed by atoms with Gasteiger partial charge in [0.1, 0.15) is 11.5 Å². The fourth-order valence-electron chi connectivity index (χ4n) is 3.08. The first kappa shape index (κ1) is 17.1. The smallest absolute Gasteiger partial charge is 0.115 e. The van der Waals surface area contributed by atoms with Gasteiger partial charge in [0.15, 0.2) is 0 Å². The summed E-state index contributed by atoms with van der Waals surface area (Å²) in [5, 5.41) is 23.1. The van der Waals surface area contributed by atoms with Crippen LogP contribution in [0.15, 0.2) is 78.9 Å². The molecule has 0 fully saturated rings. The van der Waals surface area contributed by atoms with Crippen molar-refractivity contribution in [2.24, 2.45) is 0 Å². The minimum atomic E-state index is 0.113. The van der Waals surface area contributed by atoms with Crippen molar-refractivity contribution in [3.63, 3.8) is 0 Å². The highest BCUT2D eigenvalue weighted by Gasteiger charge is 2.15. The van der Waals surface area contributed by atoms with Crippen molar-refractivity contribution in [1.29, 1.82) is 0 Å². The van der Waals surface area contributed by atoms with E-state index in [0.29, 0.717) is 0 Å². The lowest BCUT2D eigenvalue weighted by Gasteiger charge is -2.19. The number of nitrogens with one attached hydrogen (secondary N) is 1. The quantitative estimate of drug-likeness (QED) is 0.561. The zero-order valence-corrected chi connectivity index (χ0v) is 14.1. The highest BCUT2D eigenvalue weighted by Crippen LogP contribution is 2.31. The van der Waals surface area contributed by atoms with Gasteiger partial charge in [0, 0.05) is 12.5 Å². The van der Waals surface area contributed by atoms with E-state index in [9.17, 15) is 10.2 Å². The van der Waals surface area contributed by atoms with Crippen molar-refractivity contribution in [1.82, 2.24) is 5.32 Å². The Morgan fingerprint density at radius 1 is 0.720 bits per heavy atom. The third-order valence-corrected chi connectivity index (χ3v) is 4.33. The number of phenols is 2. The maximum atomic E-state index is 9.82. The van der Waals surface area contributed by atoms with Gasteiger partial charge in [-0.05, 0) is 53.9 Å². The van der Waals surface area contributed by atoms with Crippen molar-refractivity contribution in [3.05, 3.63) is 95.6 Å². The number of aromatic hydroxyl groups is 2. The second-order valence-corrected chi connectivity index (χ2v) is 6.19. The van der Waals surface area contributed by atoms with E-state index < -0.39 is 0 Å². The van der Waals surface area contributed by atoms with Gasteiger partial charge in [-0.3, -0.25) is 0 Å². The summed E-state index contributed by atoms with van der Waals surface area (Å²) < 4.78 is 0. The van der Waals surface area contributed by atoms with Crippen LogP contribution in [0.3, 0.4) is 0 Å². The van der Waals surface area contributed by atoms with Crippen LogP contribution in [0.1, 0.15) is 29.0 Å². The van der Waals surface area contributed by atoms with E-state index in [0.717, 1.165) is 30.6 Å². The van der Waals surface area contributed by atoms with E-state index in [1.54, 1.807) is 24.3 Å². The molecule has 0 saturated heterocycles. The molecule has 3 aromatic carbocycles. The van der Waals surface area contributed by atoms with E-state index in [1.165, 1.54) is 5.56 Å². The molecule has 0 amide bonds. The predicted molar refractivity (Wildman–Crippen MR) is 101 cm³/mol. The summed E-state index contributed by atoms with van der Waals surface area (Å²) >= 11 is 0. The summed E-state index contributed by atoms with van der Waals surface area (Å²) in [5.41, 5.74) is 3.35. The zero-order valence-electron chi connectivity index (χ0n) is 14.1. The standard InChI is InChI=1S/C22H23NO2/c24-20-10-4-8-18(14-20)22(19-9-5-11-21(25)15-19)12-13-23-16-17-6-2-1-3-7-17/h1-11,14-15,22-25H,12-13,16H2. The molecular weight excluding hydrogens is 310 g/mol. The van der Waals surface area contributed by atoms with Gasteiger partial charge in [-0.2, -0.15) is 0 Å². The topological polar surface area (TPSA) is 52.5 Å². The van der Waals surface area contributed by atoms with Crippen LogP contribution >= 0.6 is 0 Å². The molecule has 0 heterocycles. The second kappa shape index (κ2) is 8.36. The van der Waals surface area contributed by atoms with Crippen LogP contribution in [0.2, 0.25) is 0 Å². The molecular formula is C22H23NO2. The molecule has 3 heteroatoms. The van der Waals surface area contributed by atoms with Crippen molar-refractivity contribution in [2.45, 2.75) is 18.9 Å². The third kappa shape index (κ3) is 4.85. The number of phenolic OH excluding ortho intramolecular Hbond substituents is 2. The Morgan fingerprint density at radius 3 is 1.88 bits per heavy atom. The Hall–Kier alpha value is -2.78. The van der Waals surface area contributed by atoms with Gasteiger partial charge in [0.25, 0.3) is 0 Å². The van der Waals surface area contributed by atoms with Gasteiger partial charge in [-0.15, -0.1) is 0 Å². The minimum absolute atomic E-state index is 0.113. The van der Waals surface area contributed by atoms with Crippen LogP contribution in [-0.2, 0) is 6.54 Å². The lowest BCUT2D eigenvalue weighted by molar-refractivity contribution is 0.472. The first-order chi connectivity index (χ1) is 12.2. The molecule has 3 rings (SSSR count). The summed E-state index contributed by atoms with van der Waals surface area (Å²) in [5.74, 6) is 0.641. The predicted octanol–water partition coefficient (Wildman–Crippen LogP) is 4.41. The van der Waals surface area contributed by atoms with E-state index >= 15 is 0 Å². The number of hydrogen-bond donors (Lipinski definition) is 3. The monoisotopic (exact) mass is 333 g/mol. The first-order valence-electron chi connectivity index (χ1n) is 8.55. The molecule has 0 aliphatic rings. The zero-order chi connectivity index (χ0) is 17.5. The molecule has 128 valence electrons. The van der Waals surface area contributed by atoms with Crippen LogP contribution in [-0.4, -0.2) is 16.8 Å². The SMILES string of the molecule is Oc1cccc(C(CCNCc2ccccc2)c2cccc(O)c2)c1. The lowest BCUT2D eigenvalue weighted by Crippen LogP contribution is -2.17. The Labute approximate surface area is 148 Å². The number of hydrogen-bond acceptors (Lipinski definition) is 3. The van der Waals surface area contributed by atoms with E-state index in [-0.39, 0.29) is 17.4 Å². The van der Waals surface area contributed by atoms with Crippen LogP contribution < -0.4 is 5.32 Å². The molecule has 0 spiro atoms. The maximum Gasteiger partial charge on any atom is 0.115 e. The van der Waals surface area contributed by atoms with Gasteiger partial charge in [-0.25, -0.2) is 0 Å². The molecule has 0 aliphatic heterocycles. The van der Waals surface area contributed by atoms with Crippen LogP contribution in [0, 0.1) is 0 Å². The van der Waals surface area contributed by atoms with Crippen molar-refractivity contribution >= 4 is 0 Å². The maximum absolute atomic E-state index is 9.82. The van der Waals surface area contributed by atoms with Crippen LogP contribution in [0.5, 0.6) is 11.5 Å². The molecule has 0 aliphatic carbocycles. The fraction of sp³-hybridized carbons (Fsp3) is 0.182. The molecule has 0 aromatic heterocycles. The van der Waals surface area contributed by atoms with Crippen molar-refractivity contribution < 1.29 is 10.2 Å². The summed E-state index contributed by atoms with van der Waals surface area (Å²) in [6.45, 7) is 1.67. The molecule has 0 bridgehead atoms. The Bertz CT molecular complexity index is 756. The van der Waals surface area contributed by atoms with Gasteiger partial charge in [0.05, 0.1) is 0 Å². The average molecular weight is 333 g/mol. The van der Waals surface area contributed by atoms with Crippen LogP contribution in [0.4, 0.5) is 0 Å². The molecule has 0 saturated carbocycles. The molecule has 0 atom stereocenters. The third-order valence-electron chi connectivity index (χ3n) is 4.33. The largest absolute Gasteiger partial charge is 0.508 e. The highest BCUT2D eigenvalue weighted by atomic mass is 16.3. The fourth-order valence-corrected chi connectivity index (χ4v) is 3.08. The van der Waals surface area contributed by atoms with E-state index in [1.807, 2.05) is 42.5 Å². The van der Waals surface area contributed by atoms with Gasteiger partial charge in [0.2, 0.25) is 0 Å². The lowest BCUT2D eigenvalue weighted by atomic mass is 9.88. The molecule has 0 unspecified atom stereocenters. The second-order valence-electron chi connectivity index (χ2n) is 6.19. The molecule has 3 aromatic rings. The molecule has 3 N–H and O–H groups in total. The highest BCUT2D eigenvalue weighted by molar-refractivity contribution is 5.39. The summed E-state index contributed by atoms with van der Waals surface area (Å²) in [6, 6.07) is 25.0. The normalized spacial score (nSPS) is 10.9. The summed E-state index contributed by atoms with van der Waals surface area (Å²) in [4.78, 5) is 0. The van der Waals surface area contributed by atoms with Gasteiger partial charge < -0.3 is 15.5 Å². The Morgan fingerprint density at radius 2 is 1.32 bits per heavy atom. The summed E-state index contributed by atoms with van der Waals surface area (Å²) in [7, 11) is 0. The first-order valence-corrected chi connectivity index (χ1v) is 8.55. The minimum Gasteiger partial charge on any atom is -0.508 e. The van der Waals surface area contributed by atoms with Gasteiger partial charge in [-0.1, -0.05) is 54.6 Å². The number of rotatable bonds is 7. The van der Waals surface area contributed by atoms with Gasteiger partial charge >= 0.3 is 0 Å². The number of benzene rings is 3. The van der Waals surface area contributed by atoms with Crippen molar-refractivity contribution in [2.75, 3.05) is 6.54 Å². The average Bonchev–Trinajstić information content (AvgIpc) is 2.62. The summed E-state index contributed by atoms with van der Waals surface area (Å²) in [6.07, 6.45) is 0.875. The molecule has 0 radical (unpaired) electrons. The van der Waals surface area contributed by atoms with Crippen molar-refractivity contribution in [3.8, 4) is 11.5 Å². The Balaban J connectivity index is 1.70. The van der Waals surface area contributed by atoms with E-state index in [4.69, 9.17) is 0 Å². The Kier molecular flexibility index (Phi) is 5.70. The molecule has 3 nitrogen and oxygen atoms in total. The van der Waals surface area contributed by atoms with Crippen LogP contribution in [0.25, 0.3) is 0 Å².